The lowest BCUT2D eigenvalue weighted by Crippen LogP contribution is -2.56. The van der Waals surface area contributed by atoms with E-state index in [9.17, 15) is 9.90 Å². The van der Waals surface area contributed by atoms with Crippen molar-refractivity contribution >= 4 is 5.97 Å². The molecular weight excluding hydrogens is 252 g/mol. The first-order valence-electron chi connectivity index (χ1n) is 7.19. The zero-order chi connectivity index (χ0) is 15.2. The molecule has 0 heterocycles. The van der Waals surface area contributed by atoms with E-state index in [0.29, 0.717) is 12.6 Å². The summed E-state index contributed by atoms with van der Waals surface area (Å²) in [6.45, 7) is 4.71. The molecule has 0 spiro atoms. The van der Waals surface area contributed by atoms with E-state index in [2.05, 4.69) is 24.1 Å². The van der Waals surface area contributed by atoms with Crippen LogP contribution in [0.2, 0.25) is 0 Å². The van der Waals surface area contributed by atoms with Gasteiger partial charge in [0, 0.05) is 12.6 Å². The molecule has 1 atom stereocenters. The van der Waals surface area contributed by atoms with Crippen molar-refractivity contribution in [2.24, 2.45) is 0 Å². The number of benzene rings is 1. The third kappa shape index (κ3) is 3.38. The van der Waals surface area contributed by atoms with E-state index in [-0.39, 0.29) is 0 Å². The Morgan fingerprint density at radius 2 is 1.85 bits per heavy atom. The summed E-state index contributed by atoms with van der Waals surface area (Å²) in [5.41, 5.74) is -0.286. The lowest BCUT2D eigenvalue weighted by Gasteiger charge is -2.37. The van der Waals surface area contributed by atoms with Crippen molar-refractivity contribution in [2.75, 3.05) is 20.6 Å². The normalized spacial score (nSPS) is 14.5. The Labute approximate surface area is 121 Å². The molecule has 0 aliphatic heterocycles. The van der Waals surface area contributed by atoms with Crippen molar-refractivity contribution in [1.29, 1.82) is 0 Å². The maximum Gasteiger partial charge on any atom is 0.329 e. The lowest BCUT2D eigenvalue weighted by molar-refractivity contribution is -0.146. The molecule has 1 unspecified atom stereocenters. The molecule has 1 rings (SSSR count). The molecule has 0 fully saturated rings. The first-order valence-corrected chi connectivity index (χ1v) is 7.19. The molecule has 0 aromatic heterocycles. The summed E-state index contributed by atoms with van der Waals surface area (Å²) >= 11 is 0. The van der Waals surface area contributed by atoms with E-state index in [4.69, 9.17) is 0 Å². The van der Waals surface area contributed by atoms with Crippen LogP contribution < -0.4 is 5.32 Å². The zero-order valence-corrected chi connectivity index (χ0v) is 12.9. The molecule has 0 bridgehead atoms. The summed E-state index contributed by atoms with van der Waals surface area (Å²) in [6, 6.07) is 9.78. The molecule has 20 heavy (non-hydrogen) atoms. The Hall–Kier alpha value is -1.39. The Bertz CT molecular complexity index is 418. The summed E-state index contributed by atoms with van der Waals surface area (Å²) in [5.74, 6) is -0.844. The van der Waals surface area contributed by atoms with Gasteiger partial charge in [0.2, 0.25) is 0 Å². The molecule has 1 aromatic rings. The fourth-order valence-corrected chi connectivity index (χ4v) is 2.75. The smallest absolute Gasteiger partial charge is 0.329 e. The van der Waals surface area contributed by atoms with E-state index >= 15 is 0 Å². The average Bonchev–Trinajstić information content (AvgIpc) is 2.46. The summed E-state index contributed by atoms with van der Waals surface area (Å²) in [7, 11) is 3.71. The number of likely N-dealkylation sites (N-methyl/N-ethyl adjacent to an activating group) is 2. The second-order valence-corrected chi connectivity index (χ2v) is 5.21. The van der Waals surface area contributed by atoms with Crippen LogP contribution in [0.25, 0.3) is 0 Å². The minimum atomic E-state index is -1.07. The van der Waals surface area contributed by atoms with Crippen molar-refractivity contribution in [3.63, 3.8) is 0 Å². The predicted molar refractivity (Wildman–Crippen MR) is 81.8 cm³/mol. The van der Waals surface area contributed by atoms with Crippen LogP contribution in [-0.2, 0) is 10.3 Å². The largest absolute Gasteiger partial charge is 0.480 e. The first kappa shape index (κ1) is 16.7. The number of hydrogen-bond donors (Lipinski definition) is 2. The molecule has 0 saturated heterocycles. The monoisotopic (exact) mass is 278 g/mol. The van der Waals surface area contributed by atoms with Crippen LogP contribution in [0.4, 0.5) is 0 Å². The van der Waals surface area contributed by atoms with E-state index in [1.165, 1.54) is 0 Å². The van der Waals surface area contributed by atoms with Crippen molar-refractivity contribution in [3.05, 3.63) is 35.9 Å². The Balaban J connectivity index is 3.10. The predicted octanol–water partition coefficient (Wildman–Crippen LogP) is 2.31. The first-order chi connectivity index (χ1) is 9.51. The van der Waals surface area contributed by atoms with Crippen LogP contribution in [0.15, 0.2) is 30.3 Å². The van der Waals surface area contributed by atoms with Gasteiger partial charge >= 0.3 is 5.97 Å². The highest BCUT2D eigenvalue weighted by Crippen LogP contribution is 2.24. The Kier molecular flexibility index (Phi) is 6.17. The summed E-state index contributed by atoms with van der Waals surface area (Å²) in [6.07, 6.45) is 2.03. The van der Waals surface area contributed by atoms with Crippen LogP contribution in [0.5, 0.6) is 0 Å². The maximum absolute atomic E-state index is 11.9. The topological polar surface area (TPSA) is 52.6 Å². The third-order valence-electron chi connectivity index (χ3n) is 4.11. The molecule has 0 saturated carbocycles. The van der Waals surface area contributed by atoms with E-state index in [0.717, 1.165) is 18.4 Å². The van der Waals surface area contributed by atoms with Gasteiger partial charge in [0.1, 0.15) is 0 Å². The lowest BCUT2D eigenvalue weighted by atomic mass is 9.88. The van der Waals surface area contributed by atoms with Gasteiger partial charge in [0.05, 0.1) is 0 Å². The fraction of sp³-hybridized carbons (Fsp3) is 0.562. The molecule has 112 valence electrons. The number of carboxylic acids is 1. The number of aliphatic carboxylic acids is 1. The van der Waals surface area contributed by atoms with Crippen molar-refractivity contribution in [2.45, 2.75) is 38.3 Å². The summed E-state index contributed by atoms with van der Waals surface area (Å²) in [5, 5.41) is 12.8. The minimum Gasteiger partial charge on any atom is -0.480 e. The van der Waals surface area contributed by atoms with Crippen molar-refractivity contribution in [3.8, 4) is 0 Å². The number of carboxylic acid groups (broad SMARTS) is 1. The summed E-state index contributed by atoms with van der Waals surface area (Å²) in [4.78, 5) is 14.0. The van der Waals surface area contributed by atoms with Crippen LogP contribution in [0.1, 0.15) is 32.3 Å². The van der Waals surface area contributed by atoms with Crippen LogP contribution in [0.3, 0.4) is 0 Å². The van der Waals surface area contributed by atoms with Gasteiger partial charge in [-0.05, 0) is 32.5 Å². The van der Waals surface area contributed by atoms with Gasteiger partial charge in [-0.1, -0.05) is 44.2 Å². The van der Waals surface area contributed by atoms with E-state index in [1.54, 1.807) is 7.05 Å². The molecule has 0 aliphatic rings. The molecule has 4 nitrogen and oxygen atoms in total. The number of hydrogen-bond acceptors (Lipinski definition) is 3. The van der Waals surface area contributed by atoms with Crippen LogP contribution >= 0.6 is 0 Å². The fourth-order valence-electron chi connectivity index (χ4n) is 2.75. The highest BCUT2D eigenvalue weighted by Gasteiger charge is 2.40. The molecular formula is C16H26N2O2. The second-order valence-electron chi connectivity index (χ2n) is 5.21. The van der Waals surface area contributed by atoms with Gasteiger partial charge in [-0.3, -0.25) is 0 Å². The molecule has 0 aliphatic carbocycles. The van der Waals surface area contributed by atoms with E-state index in [1.807, 2.05) is 37.4 Å². The maximum atomic E-state index is 11.9. The van der Waals surface area contributed by atoms with Gasteiger partial charge in [-0.15, -0.1) is 0 Å². The zero-order valence-electron chi connectivity index (χ0n) is 12.9. The molecule has 0 amide bonds. The molecule has 0 radical (unpaired) electrons. The summed E-state index contributed by atoms with van der Waals surface area (Å²) < 4.78 is 0. The SMILES string of the molecule is CCC(CC)N(C)CC(NC)(C(=O)O)c1ccccc1. The standard InChI is InChI=1S/C16H26N2O2/c1-5-14(6-2)18(4)12-16(17-3,15(19)20)13-10-8-7-9-11-13/h7-11,14,17H,5-6,12H2,1-4H3,(H,19,20). The number of rotatable bonds is 8. The van der Waals surface area contributed by atoms with Crippen LogP contribution in [-0.4, -0.2) is 42.7 Å². The van der Waals surface area contributed by atoms with Crippen LogP contribution in [0, 0.1) is 0 Å². The second kappa shape index (κ2) is 7.41. The Morgan fingerprint density at radius 3 is 2.25 bits per heavy atom. The van der Waals surface area contributed by atoms with Gasteiger partial charge in [0.15, 0.2) is 5.54 Å². The number of carbonyl (C=O) groups is 1. The highest BCUT2D eigenvalue weighted by atomic mass is 16.4. The van der Waals surface area contributed by atoms with Gasteiger partial charge in [0.25, 0.3) is 0 Å². The highest BCUT2D eigenvalue weighted by molar-refractivity contribution is 5.81. The minimum absolute atomic E-state index is 0.394. The average molecular weight is 278 g/mol. The van der Waals surface area contributed by atoms with Crippen molar-refractivity contribution in [1.82, 2.24) is 10.2 Å². The van der Waals surface area contributed by atoms with Gasteiger partial charge < -0.3 is 15.3 Å². The Morgan fingerprint density at radius 1 is 1.30 bits per heavy atom. The van der Waals surface area contributed by atoms with Crippen molar-refractivity contribution < 1.29 is 9.90 Å². The number of nitrogens with zero attached hydrogens (tertiary/aromatic N) is 1. The van der Waals surface area contributed by atoms with Gasteiger partial charge in [-0.2, -0.15) is 0 Å². The number of nitrogens with one attached hydrogen (secondary N) is 1. The quantitative estimate of drug-likeness (QED) is 0.766. The van der Waals surface area contributed by atoms with Gasteiger partial charge in [-0.25, -0.2) is 4.79 Å². The third-order valence-corrected chi connectivity index (χ3v) is 4.11. The van der Waals surface area contributed by atoms with E-state index < -0.39 is 11.5 Å². The molecule has 2 N–H and O–H groups in total. The molecule has 1 aromatic carbocycles. The molecule has 4 heteroatoms.